The molecule has 134 valence electrons. The second-order valence-electron chi connectivity index (χ2n) is 7.09. The van der Waals surface area contributed by atoms with Crippen molar-refractivity contribution in [3.63, 3.8) is 0 Å². The van der Waals surface area contributed by atoms with E-state index in [-0.39, 0.29) is 42.2 Å². The summed E-state index contributed by atoms with van der Waals surface area (Å²) in [4.78, 5) is 24.3. The first-order valence-electron chi connectivity index (χ1n) is 8.87. The lowest BCUT2D eigenvalue weighted by atomic mass is 9.88. The minimum Gasteiger partial charge on any atom is -0.353 e. The number of halogens is 1. The van der Waals surface area contributed by atoms with E-state index in [1.807, 2.05) is 6.92 Å². The highest BCUT2D eigenvalue weighted by Gasteiger charge is 2.24. The lowest BCUT2D eigenvalue weighted by Crippen LogP contribution is -2.48. The number of nitrogens with one attached hydrogen (secondary N) is 3. The second kappa shape index (κ2) is 10.1. The molecule has 5 nitrogen and oxygen atoms in total. The largest absolute Gasteiger partial charge is 0.353 e. The lowest BCUT2D eigenvalue weighted by molar-refractivity contribution is -0.127. The van der Waals surface area contributed by atoms with Gasteiger partial charge in [0, 0.05) is 30.5 Å². The van der Waals surface area contributed by atoms with Crippen LogP contribution in [0.5, 0.6) is 0 Å². The van der Waals surface area contributed by atoms with Crippen molar-refractivity contribution >= 4 is 24.2 Å². The Bertz CT molecular complexity index is 386. The van der Waals surface area contributed by atoms with Crippen LogP contribution in [0.25, 0.3) is 0 Å². The molecule has 0 bridgehead atoms. The fraction of sp³-hybridized carbons (Fsp3) is 0.882. The first-order chi connectivity index (χ1) is 10.5. The Morgan fingerprint density at radius 2 is 1.87 bits per heavy atom. The normalized spacial score (nSPS) is 26.7. The van der Waals surface area contributed by atoms with Crippen LogP contribution >= 0.6 is 12.4 Å². The van der Waals surface area contributed by atoms with Gasteiger partial charge in [-0.15, -0.1) is 12.4 Å². The maximum absolute atomic E-state index is 12.2. The van der Waals surface area contributed by atoms with Gasteiger partial charge in [0.05, 0.1) is 0 Å². The van der Waals surface area contributed by atoms with Gasteiger partial charge < -0.3 is 16.0 Å². The maximum Gasteiger partial charge on any atom is 0.223 e. The highest BCUT2D eigenvalue weighted by molar-refractivity contribution is 5.85. The van der Waals surface area contributed by atoms with Gasteiger partial charge in [-0.25, -0.2) is 0 Å². The number of hydrogen-bond donors (Lipinski definition) is 3. The summed E-state index contributed by atoms with van der Waals surface area (Å²) in [6.45, 7) is 5.02. The molecule has 0 aromatic heterocycles. The summed E-state index contributed by atoms with van der Waals surface area (Å²) in [7, 11) is 0. The summed E-state index contributed by atoms with van der Waals surface area (Å²) in [5.74, 6) is 0.343. The van der Waals surface area contributed by atoms with Crippen molar-refractivity contribution in [3.05, 3.63) is 0 Å². The highest BCUT2D eigenvalue weighted by atomic mass is 35.5. The topological polar surface area (TPSA) is 70.2 Å². The minimum atomic E-state index is -0.0893. The van der Waals surface area contributed by atoms with E-state index >= 15 is 0 Å². The fourth-order valence-electron chi connectivity index (χ4n) is 3.60. The Morgan fingerprint density at radius 1 is 1.17 bits per heavy atom. The molecule has 1 aliphatic heterocycles. The summed E-state index contributed by atoms with van der Waals surface area (Å²) in [5, 5.41) is 9.50. The van der Waals surface area contributed by atoms with Gasteiger partial charge >= 0.3 is 0 Å². The fourth-order valence-corrected chi connectivity index (χ4v) is 3.60. The monoisotopic (exact) mass is 345 g/mol. The molecule has 3 atom stereocenters. The minimum absolute atomic E-state index is 0. The number of hydrogen-bond acceptors (Lipinski definition) is 3. The number of carbonyl (C=O) groups excluding carboxylic acids is 2. The first kappa shape index (κ1) is 20.2. The summed E-state index contributed by atoms with van der Waals surface area (Å²) in [6.07, 6.45) is 7.89. The molecule has 2 aliphatic rings. The SMILES string of the molecule is CC1CC(NC(=O)CC(C)NC(=O)C2CCCCC2)CCN1.Cl. The van der Waals surface area contributed by atoms with E-state index in [0.29, 0.717) is 12.5 Å². The van der Waals surface area contributed by atoms with Crippen molar-refractivity contribution < 1.29 is 9.59 Å². The van der Waals surface area contributed by atoms with Crippen LogP contribution in [0.2, 0.25) is 0 Å². The number of piperidine rings is 1. The van der Waals surface area contributed by atoms with Gasteiger partial charge in [-0.3, -0.25) is 9.59 Å². The Hall–Kier alpha value is -0.810. The van der Waals surface area contributed by atoms with Crippen molar-refractivity contribution in [2.45, 2.75) is 83.3 Å². The van der Waals surface area contributed by atoms with E-state index in [1.54, 1.807) is 0 Å². The average Bonchev–Trinajstić information content (AvgIpc) is 2.47. The standard InChI is InChI=1S/C17H31N3O2.ClH/c1-12-10-15(8-9-18-12)20-16(21)11-13(2)19-17(22)14-6-4-3-5-7-14;/h12-15,18H,3-11H2,1-2H3,(H,19,22)(H,20,21);1H. The van der Waals surface area contributed by atoms with Crippen LogP contribution in [0, 0.1) is 5.92 Å². The molecule has 2 rings (SSSR count). The van der Waals surface area contributed by atoms with E-state index < -0.39 is 0 Å². The van der Waals surface area contributed by atoms with Crippen LogP contribution in [-0.4, -0.2) is 36.5 Å². The zero-order valence-electron chi connectivity index (χ0n) is 14.4. The van der Waals surface area contributed by atoms with Crippen LogP contribution < -0.4 is 16.0 Å². The van der Waals surface area contributed by atoms with E-state index in [9.17, 15) is 9.59 Å². The van der Waals surface area contributed by atoms with Crippen LogP contribution in [0.1, 0.15) is 65.2 Å². The smallest absolute Gasteiger partial charge is 0.223 e. The van der Waals surface area contributed by atoms with Crippen molar-refractivity contribution in [1.29, 1.82) is 0 Å². The molecular weight excluding hydrogens is 314 g/mol. The molecule has 3 N–H and O–H groups in total. The summed E-state index contributed by atoms with van der Waals surface area (Å²) in [6, 6.07) is 0.640. The molecule has 23 heavy (non-hydrogen) atoms. The van der Waals surface area contributed by atoms with Crippen molar-refractivity contribution in [1.82, 2.24) is 16.0 Å². The van der Waals surface area contributed by atoms with Gasteiger partial charge in [0.1, 0.15) is 0 Å². The van der Waals surface area contributed by atoms with Gasteiger partial charge in [0.15, 0.2) is 0 Å². The quantitative estimate of drug-likeness (QED) is 0.715. The molecule has 2 amide bonds. The number of amides is 2. The number of rotatable bonds is 5. The van der Waals surface area contributed by atoms with E-state index in [2.05, 4.69) is 22.9 Å². The predicted molar refractivity (Wildman–Crippen MR) is 94.7 cm³/mol. The zero-order chi connectivity index (χ0) is 15.9. The lowest BCUT2D eigenvalue weighted by Gasteiger charge is -2.29. The highest BCUT2D eigenvalue weighted by Crippen LogP contribution is 2.23. The summed E-state index contributed by atoms with van der Waals surface area (Å²) in [5.41, 5.74) is 0. The summed E-state index contributed by atoms with van der Waals surface area (Å²) < 4.78 is 0. The van der Waals surface area contributed by atoms with Crippen LogP contribution in [0.15, 0.2) is 0 Å². The van der Waals surface area contributed by atoms with Crippen LogP contribution in [-0.2, 0) is 9.59 Å². The molecule has 6 heteroatoms. The van der Waals surface area contributed by atoms with Gasteiger partial charge in [0.25, 0.3) is 0 Å². The van der Waals surface area contributed by atoms with Gasteiger partial charge in [-0.1, -0.05) is 19.3 Å². The van der Waals surface area contributed by atoms with Crippen molar-refractivity contribution in [2.24, 2.45) is 5.92 Å². The molecule has 3 unspecified atom stereocenters. The third-order valence-electron chi connectivity index (χ3n) is 4.84. The predicted octanol–water partition coefficient (Wildman–Crippen LogP) is 2.14. The van der Waals surface area contributed by atoms with E-state index in [1.165, 1.54) is 6.42 Å². The summed E-state index contributed by atoms with van der Waals surface area (Å²) >= 11 is 0. The molecule has 1 saturated heterocycles. The Kier molecular flexibility index (Phi) is 8.92. The molecule has 1 saturated carbocycles. The molecule has 0 aromatic rings. The van der Waals surface area contributed by atoms with Crippen LogP contribution in [0.4, 0.5) is 0 Å². The molecule has 2 fully saturated rings. The molecule has 0 aromatic carbocycles. The molecule has 1 aliphatic carbocycles. The van der Waals surface area contributed by atoms with Crippen molar-refractivity contribution in [2.75, 3.05) is 6.54 Å². The molecular formula is C17H32ClN3O2. The van der Waals surface area contributed by atoms with Gasteiger partial charge in [-0.05, 0) is 46.1 Å². The zero-order valence-corrected chi connectivity index (χ0v) is 15.2. The van der Waals surface area contributed by atoms with Crippen LogP contribution in [0.3, 0.4) is 0 Å². The third kappa shape index (κ3) is 7.08. The van der Waals surface area contributed by atoms with E-state index in [4.69, 9.17) is 0 Å². The molecule has 0 spiro atoms. The Labute approximate surface area is 146 Å². The molecule has 0 radical (unpaired) electrons. The van der Waals surface area contributed by atoms with Gasteiger partial charge in [-0.2, -0.15) is 0 Å². The molecule has 1 heterocycles. The Balaban J connectivity index is 0.00000264. The Morgan fingerprint density at radius 3 is 2.52 bits per heavy atom. The average molecular weight is 346 g/mol. The third-order valence-corrected chi connectivity index (χ3v) is 4.84. The van der Waals surface area contributed by atoms with E-state index in [0.717, 1.165) is 45.1 Å². The van der Waals surface area contributed by atoms with Crippen molar-refractivity contribution in [3.8, 4) is 0 Å². The van der Waals surface area contributed by atoms with Gasteiger partial charge in [0.2, 0.25) is 11.8 Å². The first-order valence-corrected chi connectivity index (χ1v) is 8.87. The number of carbonyl (C=O) groups is 2. The second-order valence-corrected chi connectivity index (χ2v) is 7.09. The maximum atomic E-state index is 12.2.